The highest BCUT2D eigenvalue weighted by molar-refractivity contribution is 6.52. The Morgan fingerprint density at radius 2 is 0.904 bits per heavy atom. The van der Waals surface area contributed by atoms with Crippen LogP contribution in [0, 0.1) is 0 Å². The molecule has 0 atom stereocenters. The summed E-state index contributed by atoms with van der Waals surface area (Å²) in [6.45, 7) is 5.97. The lowest BCUT2D eigenvalue weighted by Crippen LogP contribution is -2.25. The van der Waals surface area contributed by atoms with Gasteiger partial charge in [-0.3, -0.25) is 9.59 Å². The van der Waals surface area contributed by atoms with Crippen molar-refractivity contribution in [3.05, 3.63) is 64.5 Å². The van der Waals surface area contributed by atoms with E-state index in [4.69, 9.17) is 0 Å². The van der Waals surface area contributed by atoms with Crippen LogP contribution in [0.3, 0.4) is 0 Å². The van der Waals surface area contributed by atoms with E-state index in [1.54, 1.807) is 6.07 Å². The number of aliphatic hydroxyl groups is 1. The van der Waals surface area contributed by atoms with E-state index < -0.39 is 11.6 Å². The van der Waals surface area contributed by atoms with Crippen molar-refractivity contribution in [3.63, 3.8) is 0 Å². The predicted molar refractivity (Wildman–Crippen MR) is 220 cm³/mol. The minimum Gasteiger partial charge on any atom is -0.508 e. The van der Waals surface area contributed by atoms with Gasteiger partial charge in [0.2, 0.25) is 11.6 Å². The molecule has 5 nitrogen and oxygen atoms in total. The maximum atomic E-state index is 13.3. The molecule has 52 heavy (non-hydrogen) atoms. The minimum absolute atomic E-state index is 0.00717. The van der Waals surface area contributed by atoms with Gasteiger partial charge in [0.25, 0.3) is 0 Å². The first-order chi connectivity index (χ1) is 25.3. The van der Waals surface area contributed by atoms with Crippen molar-refractivity contribution >= 4 is 17.1 Å². The maximum Gasteiger partial charge on any atom is 0.232 e. The summed E-state index contributed by atoms with van der Waals surface area (Å²) in [5.41, 5.74) is 1.60. The van der Waals surface area contributed by atoms with Crippen molar-refractivity contribution in [2.45, 2.75) is 201 Å². The lowest BCUT2D eigenvalue weighted by molar-refractivity contribution is -0.132. The van der Waals surface area contributed by atoms with Gasteiger partial charge in [-0.2, -0.15) is 0 Å². The number of aryl methyl sites for hydroxylation is 1. The Morgan fingerprint density at radius 1 is 0.500 bits per heavy atom. The Balaban J connectivity index is 1.87. The molecule has 0 amide bonds. The van der Waals surface area contributed by atoms with E-state index in [9.17, 15) is 24.9 Å². The number of unbranched alkanes of at least 4 members (excludes halogenated alkanes) is 22. The Hall–Kier alpha value is -3.08. The number of Topliss-reactive ketones (excluding diaryl/α,β-unsaturated/α-hetero) is 2. The molecule has 1 aliphatic rings. The first kappa shape index (κ1) is 45.1. The number of phenolic OH excluding ortho intramolecular Hbond substituents is 2. The summed E-state index contributed by atoms with van der Waals surface area (Å²) in [4.78, 5) is 26.2. The van der Waals surface area contributed by atoms with Crippen LogP contribution < -0.4 is 0 Å². The quantitative estimate of drug-likeness (QED) is 0.0307. The molecule has 0 radical (unpaired) electrons. The molecule has 2 rings (SSSR count). The number of allylic oxidation sites excluding steroid dienone is 7. The van der Waals surface area contributed by atoms with Gasteiger partial charge in [-0.05, 0) is 95.6 Å². The summed E-state index contributed by atoms with van der Waals surface area (Å²) in [6.07, 6.45) is 41.0. The first-order valence-electron chi connectivity index (χ1n) is 21.4. The lowest BCUT2D eigenvalue weighted by atomic mass is 9.81. The molecule has 5 heteroatoms. The monoisotopic (exact) mass is 719 g/mol. The highest BCUT2D eigenvalue weighted by Gasteiger charge is 2.35. The van der Waals surface area contributed by atoms with Crippen LogP contribution in [0.15, 0.2) is 53.3 Å². The fourth-order valence-electron chi connectivity index (χ4n) is 7.28. The molecule has 1 aromatic carbocycles. The molecule has 0 bridgehead atoms. The minimum atomic E-state index is -0.680. The second kappa shape index (κ2) is 28.4. The van der Waals surface area contributed by atoms with E-state index in [0.717, 1.165) is 70.6 Å². The highest BCUT2D eigenvalue weighted by Crippen LogP contribution is 2.42. The second-order valence-corrected chi connectivity index (χ2v) is 15.2. The van der Waals surface area contributed by atoms with Crippen molar-refractivity contribution in [2.24, 2.45) is 0 Å². The Morgan fingerprint density at radius 3 is 1.37 bits per heavy atom. The van der Waals surface area contributed by atoms with Crippen LogP contribution in [0.2, 0.25) is 0 Å². The van der Waals surface area contributed by atoms with Gasteiger partial charge in [0, 0.05) is 28.3 Å². The first-order valence-corrected chi connectivity index (χ1v) is 21.4. The number of carbonyl (C=O) groups excluding carboxylic acids is 2. The number of hydrogen-bond donors (Lipinski definition) is 3. The number of hydrogen-bond acceptors (Lipinski definition) is 5. The maximum absolute atomic E-state index is 13.3. The average Bonchev–Trinajstić information content (AvgIpc) is 3.13. The van der Waals surface area contributed by atoms with Crippen LogP contribution in [-0.4, -0.2) is 26.9 Å². The second-order valence-electron chi connectivity index (χ2n) is 15.2. The van der Waals surface area contributed by atoms with Gasteiger partial charge in [0.15, 0.2) is 0 Å². The average molecular weight is 719 g/mol. The number of ketones is 2. The molecule has 0 aliphatic heterocycles. The smallest absolute Gasteiger partial charge is 0.232 e. The Labute approximate surface area is 317 Å². The summed E-state index contributed by atoms with van der Waals surface area (Å²) in [7, 11) is 0. The molecule has 1 aromatic rings. The van der Waals surface area contributed by atoms with Gasteiger partial charge in [-0.1, -0.05) is 141 Å². The zero-order valence-corrected chi connectivity index (χ0v) is 33.4. The summed E-state index contributed by atoms with van der Waals surface area (Å²) in [6, 6.07) is 2.88. The number of carbonyl (C=O) groups is 2. The van der Waals surface area contributed by atoms with Gasteiger partial charge >= 0.3 is 0 Å². The van der Waals surface area contributed by atoms with Crippen molar-refractivity contribution in [1.29, 1.82) is 0 Å². The van der Waals surface area contributed by atoms with Crippen LogP contribution in [0.5, 0.6) is 11.5 Å². The van der Waals surface area contributed by atoms with E-state index in [2.05, 4.69) is 38.2 Å². The fraction of sp³-hybridized carbons (Fsp3) is 0.660. The van der Waals surface area contributed by atoms with Crippen LogP contribution >= 0.6 is 0 Å². The zero-order valence-electron chi connectivity index (χ0n) is 33.4. The molecule has 0 spiro atoms. The van der Waals surface area contributed by atoms with Crippen molar-refractivity contribution < 1.29 is 24.9 Å². The normalized spacial score (nSPS) is 13.9. The molecule has 0 saturated heterocycles. The van der Waals surface area contributed by atoms with Crippen LogP contribution in [-0.2, 0) is 16.0 Å². The molecule has 0 aromatic heterocycles. The molecular weight excluding hydrogens is 645 g/mol. The van der Waals surface area contributed by atoms with Crippen LogP contribution in [0.4, 0.5) is 0 Å². The Bertz CT molecular complexity index is 1300. The van der Waals surface area contributed by atoms with Crippen molar-refractivity contribution in [1.82, 2.24) is 0 Å². The van der Waals surface area contributed by atoms with E-state index in [1.165, 1.54) is 109 Å². The third kappa shape index (κ3) is 17.6. The SMILES string of the molecule is CCCCCCCCC=CCCCCCCCC1=C(c2c(O)cc(O)cc2CCCCCCCC=CCCCCCCCC)C(O)=C(C)C(=O)C1=O. The van der Waals surface area contributed by atoms with E-state index in [0.29, 0.717) is 24.0 Å². The highest BCUT2D eigenvalue weighted by atomic mass is 16.3. The molecule has 292 valence electrons. The molecule has 0 saturated carbocycles. The number of phenols is 2. The number of rotatable bonds is 31. The van der Waals surface area contributed by atoms with E-state index in [1.807, 2.05) is 0 Å². The van der Waals surface area contributed by atoms with Gasteiger partial charge in [-0.15, -0.1) is 0 Å². The van der Waals surface area contributed by atoms with Gasteiger partial charge in [0.1, 0.15) is 17.3 Å². The lowest BCUT2D eigenvalue weighted by Gasteiger charge is -2.23. The van der Waals surface area contributed by atoms with Gasteiger partial charge < -0.3 is 15.3 Å². The van der Waals surface area contributed by atoms with Crippen LogP contribution in [0.25, 0.3) is 5.57 Å². The summed E-state index contributed by atoms with van der Waals surface area (Å²) in [5.74, 6) is -1.75. The van der Waals surface area contributed by atoms with E-state index in [-0.39, 0.29) is 34.0 Å². The summed E-state index contributed by atoms with van der Waals surface area (Å²) < 4.78 is 0. The molecule has 0 unspecified atom stereocenters. The largest absolute Gasteiger partial charge is 0.508 e. The van der Waals surface area contributed by atoms with Crippen molar-refractivity contribution in [3.8, 4) is 11.5 Å². The molecule has 0 fully saturated rings. The van der Waals surface area contributed by atoms with Gasteiger partial charge in [-0.25, -0.2) is 0 Å². The molecule has 1 aliphatic carbocycles. The van der Waals surface area contributed by atoms with Gasteiger partial charge in [0.05, 0.1) is 0 Å². The van der Waals surface area contributed by atoms with Crippen molar-refractivity contribution in [2.75, 3.05) is 0 Å². The number of aromatic hydroxyl groups is 2. The Kier molecular flexibility index (Phi) is 24.6. The predicted octanol–water partition coefficient (Wildman–Crippen LogP) is 14.1. The molecule has 0 heterocycles. The standard InChI is InChI=1S/C47H74O5/c1-4-6-8-10-12-14-16-18-20-22-24-26-28-30-32-34-39-36-40(48)37-42(49)43(39)44-41(47(52)46(51)38(3)45(44)50)35-33-31-29-27-25-23-21-19-17-15-13-11-9-7-5-2/h18-21,36-37,48-50H,4-17,22-35H2,1-3H3. The summed E-state index contributed by atoms with van der Waals surface area (Å²) in [5, 5.41) is 32.7. The number of benzene rings is 1. The van der Waals surface area contributed by atoms with Crippen LogP contribution in [0.1, 0.15) is 205 Å². The topological polar surface area (TPSA) is 94.8 Å². The third-order valence-corrected chi connectivity index (χ3v) is 10.5. The summed E-state index contributed by atoms with van der Waals surface area (Å²) >= 11 is 0. The number of aliphatic hydroxyl groups excluding tert-OH is 1. The molecular formula is C47H74O5. The third-order valence-electron chi connectivity index (χ3n) is 10.5. The molecule has 3 N–H and O–H groups in total. The van der Waals surface area contributed by atoms with E-state index >= 15 is 0 Å². The zero-order chi connectivity index (χ0) is 37.8. The fourth-order valence-corrected chi connectivity index (χ4v) is 7.28.